The fraction of sp³-hybridized carbons (Fsp3) is 0. The summed E-state index contributed by atoms with van der Waals surface area (Å²) in [5.41, 5.74) is 0. The Bertz CT molecular complexity index is 11.0. The Labute approximate surface area is 158 Å². The minimum Gasteiger partial charge on any atom is -1.00 e. The van der Waals surface area contributed by atoms with Gasteiger partial charge in [-0.05, 0) is 0 Å². The van der Waals surface area contributed by atoms with Gasteiger partial charge in [-0.25, -0.2) is 0 Å². The molecule has 0 amide bonds. The van der Waals surface area contributed by atoms with Gasteiger partial charge in [0.25, 0.3) is 0 Å². The maximum absolute atomic E-state index is 0. The van der Waals surface area contributed by atoms with Gasteiger partial charge in [0.05, 0.1) is 0 Å². The first-order chi connectivity index (χ1) is 0. The van der Waals surface area contributed by atoms with Crippen LogP contribution in [0.15, 0.2) is 0 Å². The van der Waals surface area contributed by atoms with E-state index in [0.717, 1.165) is 0 Å². The first-order valence-electron chi connectivity index (χ1n) is 0. The van der Waals surface area contributed by atoms with Crippen LogP contribution in [0.4, 0.5) is 0 Å². The molecule has 0 aliphatic carbocycles. The van der Waals surface area contributed by atoms with Crippen LogP contribution in [0.5, 0.6) is 0 Å². The van der Waals surface area contributed by atoms with E-state index in [0.29, 0.717) is 0 Å². The average Bonchev–Trinajstić information content (AvgIpc) is 0. The summed E-state index contributed by atoms with van der Waals surface area (Å²) >= 11 is 0. The number of hydrogen-bond acceptors (Lipinski definition) is 0. The van der Waals surface area contributed by atoms with Crippen molar-refractivity contribution in [3.05, 3.63) is 0 Å². The number of rotatable bonds is 0. The van der Waals surface area contributed by atoms with Crippen LogP contribution < -0.4 is 0 Å². The molecule has 0 fully saturated rings. The summed E-state index contributed by atoms with van der Waals surface area (Å²) in [6.07, 6.45) is 0. The van der Waals surface area contributed by atoms with Gasteiger partial charge in [0.1, 0.15) is 0 Å². The zero-order valence-electron chi connectivity index (χ0n) is 10.8. The van der Waals surface area contributed by atoms with E-state index in [2.05, 4.69) is 0 Å². The molecule has 0 saturated heterocycles. The summed E-state index contributed by atoms with van der Waals surface area (Å²) in [5, 5.41) is 0. The van der Waals surface area contributed by atoms with Gasteiger partial charge in [-0.15, -0.1) is 0 Å². The fourth-order valence-electron chi connectivity index (χ4n) is 0. The first-order valence-corrected chi connectivity index (χ1v) is 0. The number of hydrogen-bond donors (Lipinski definition) is 0. The molecule has 0 heterocycles. The molecule has 4 heteroatoms. The van der Waals surface area contributed by atoms with Crippen molar-refractivity contribution < 1.29 is 11.4 Å². The minimum absolute atomic E-state index is 0. The van der Waals surface area contributed by atoms with Crippen LogP contribution in [0.3, 0.4) is 0 Å². The van der Waals surface area contributed by atoms with Gasteiger partial charge in [0.2, 0.25) is 0 Å². The first kappa shape index (κ1) is 23.0. The van der Waals surface area contributed by atoms with E-state index in [1.807, 2.05) is 0 Å². The quantitative estimate of drug-likeness (QED) is 0.423. The van der Waals surface area contributed by atoms with Crippen LogP contribution in [-0.4, -0.2) is 151 Å². The Balaban J connectivity index is 0. The van der Waals surface area contributed by atoms with E-state index < -0.39 is 0 Å². The van der Waals surface area contributed by atoms with Crippen LogP contribution in [0.1, 0.15) is 11.4 Å². The van der Waals surface area contributed by atoms with Crippen molar-refractivity contribution in [3.63, 3.8) is 0 Å². The van der Waals surface area contributed by atoms with Crippen LogP contribution in [0, 0.1) is 0 Å². The molecule has 0 unspecified atom stereocenters. The molecule has 0 radical (unpaired) electrons. The topological polar surface area (TPSA) is 0 Å². The standard InChI is InChI=1S/4Ca.8H/q4*+2;8*-1. The molecule has 0 aliphatic heterocycles. The molecule has 0 bridgehead atoms. The molecule has 0 aromatic heterocycles. The molecular weight excluding hydrogens is 160 g/mol. The Kier molecular flexibility index (Phi) is 90.2. The van der Waals surface area contributed by atoms with Crippen molar-refractivity contribution in [2.24, 2.45) is 0 Å². The molecule has 4 heavy (non-hydrogen) atoms. The molecule has 0 N–H and O–H groups in total. The molecule has 0 saturated carbocycles. The van der Waals surface area contributed by atoms with E-state index in [4.69, 9.17) is 0 Å². The maximum atomic E-state index is 0. The van der Waals surface area contributed by atoms with E-state index in [9.17, 15) is 0 Å². The largest absolute Gasteiger partial charge is 2.00 e. The zero-order valence-corrected chi connectivity index (χ0v) is 11.7. The predicted octanol–water partition coefficient (Wildman–Crippen LogP) is -0.623. The van der Waals surface area contributed by atoms with E-state index in [-0.39, 0.29) is 162 Å². The minimum atomic E-state index is 0. The van der Waals surface area contributed by atoms with Gasteiger partial charge >= 0.3 is 151 Å². The van der Waals surface area contributed by atoms with Crippen LogP contribution in [-0.2, 0) is 0 Å². The van der Waals surface area contributed by atoms with Gasteiger partial charge in [0.15, 0.2) is 0 Å². The second-order valence-corrected chi connectivity index (χ2v) is 0. The third-order valence-corrected chi connectivity index (χ3v) is 0. The summed E-state index contributed by atoms with van der Waals surface area (Å²) in [5.74, 6) is 0. The van der Waals surface area contributed by atoms with Crippen LogP contribution in [0.25, 0.3) is 0 Å². The third-order valence-electron chi connectivity index (χ3n) is 0. The normalized spacial score (nSPS) is 0. The summed E-state index contributed by atoms with van der Waals surface area (Å²) < 4.78 is 0. The second-order valence-electron chi connectivity index (χ2n) is 0. The molecule has 0 aromatic rings. The van der Waals surface area contributed by atoms with E-state index in [1.165, 1.54) is 0 Å². The van der Waals surface area contributed by atoms with Crippen molar-refractivity contribution in [1.29, 1.82) is 0 Å². The smallest absolute Gasteiger partial charge is 1.00 e. The molecule has 0 nitrogen and oxygen atoms in total. The molecule has 0 spiro atoms. The Morgan fingerprint density at radius 2 is 0.500 bits per heavy atom. The Morgan fingerprint density at radius 1 is 0.500 bits per heavy atom. The molecular formula is H8Ca4. The monoisotopic (exact) mass is 168 g/mol. The zero-order chi connectivity index (χ0) is 0. The van der Waals surface area contributed by atoms with Crippen molar-refractivity contribution in [2.75, 3.05) is 0 Å². The Morgan fingerprint density at radius 3 is 0.500 bits per heavy atom. The van der Waals surface area contributed by atoms with Gasteiger partial charge in [0, 0.05) is 0 Å². The summed E-state index contributed by atoms with van der Waals surface area (Å²) in [7, 11) is 0. The van der Waals surface area contributed by atoms with Crippen LogP contribution in [0.2, 0.25) is 0 Å². The summed E-state index contributed by atoms with van der Waals surface area (Å²) in [4.78, 5) is 0. The molecule has 0 rings (SSSR count). The second kappa shape index (κ2) is 15.7. The van der Waals surface area contributed by atoms with Crippen molar-refractivity contribution in [3.8, 4) is 0 Å². The molecule has 0 atom stereocenters. The van der Waals surface area contributed by atoms with Gasteiger partial charge in [-0.2, -0.15) is 0 Å². The fourth-order valence-corrected chi connectivity index (χ4v) is 0. The predicted molar refractivity (Wildman–Crippen MR) is 31.9 cm³/mol. The van der Waals surface area contributed by atoms with Crippen LogP contribution >= 0.6 is 0 Å². The summed E-state index contributed by atoms with van der Waals surface area (Å²) in [6, 6.07) is 0. The summed E-state index contributed by atoms with van der Waals surface area (Å²) in [6.45, 7) is 0. The van der Waals surface area contributed by atoms with Gasteiger partial charge in [-0.3, -0.25) is 0 Å². The van der Waals surface area contributed by atoms with Gasteiger partial charge in [-0.1, -0.05) is 0 Å². The van der Waals surface area contributed by atoms with E-state index >= 15 is 0 Å². The van der Waals surface area contributed by atoms with Crippen molar-refractivity contribution in [2.45, 2.75) is 0 Å². The maximum Gasteiger partial charge on any atom is 2.00 e. The SMILES string of the molecule is [Ca+2].[Ca+2].[Ca+2].[Ca+2].[H-].[H-].[H-].[H-].[H-].[H-].[H-].[H-]. The van der Waals surface area contributed by atoms with E-state index in [1.54, 1.807) is 0 Å². The molecule has 16 valence electrons. The Hall–Kier alpha value is 5.04. The van der Waals surface area contributed by atoms with Crippen molar-refractivity contribution >= 4 is 151 Å². The van der Waals surface area contributed by atoms with Gasteiger partial charge < -0.3 is 11.4 Å². The average molecular weight is 168 g/mol. The molecule has 0 aromatic carbocycles. The van der Waals surface area contributed by atoms with Crippen molar-refractivity contribution in [1.82, 2.24) is 0 Å². The molecule has 0 aliphatic rings. The third kappa shape index (κ3) is 10.1.